The summed E-state index contributed by atoms with van der Waals surface area (Å²) in [4.78, 5) is 15.0. The van der Waals surface area contributed by atoms with Crippen molar-refractivity contribution in [2.75, 3.05) is 6.54 Å². The molecular weight excluding hydrogens is 302 g/mol. The van der Waals surface area contributed by atoms with Gasteiger partial charge >= 0.3 is 0 Å². The highest BCUT2D eigenvalue weighted by molar-refractivity contribution is 9.10. The number of hydrogen-bond donors (Lipinski definition) is 1. The molecule has 0 aliphatic carbocycles. The third-order valence-corrected chi connectivity index (χ3v) is 4.85. The van der Waals surface area contributed by atoms with E-state index in [-0.39, 0.29) is 17.6 Å². The third-order valence-electron chi connectivity index (χ3n) is 3.18. The molecule has 1 amide bonds. The fraction of sp³-hybridized carbons (Fsp3) is 0.583. The number of amides is 1. The van der Waals surface area contributed by atoms with Gasteiger partial charge in [0.15, 0.2) is 0 Å². The van der Waals surface area contributed by atoms with E-state index in [9.17, 15) is 9.90 Å². The average Bonchev–Trinajstić information content (AvgIpc) is 2.62. The molecular formula is C12H16BrNO2S. The average molecular weight is 318 g/mol. The van der Waals surface area contributed by atoms with Gasteiger partial charge in [-0.1, -0.05) is 0 Å². The highest BCUT2D eigenvalue weighted by atomic mass is 79.9. The molecule has 0 bridgehead atoms. The van der Waals surface area contributed by atoms with Gasteiger partial charge in [-0.2, -0.15) is 0 Å². The minimum absolute atomic E-state index is 0.0672. The van der Waals surface area contributed by atoms with Crippen molar-refractivity contribution >= 4 is 33.2 Å². The monoisotopic (exact) mass is 317 g/mol. The summed E-state index contributed by atoms with van der Waals surface area (Å²) in [6.07, 6.45) is 1.02. The van der Waals surface area contributed by atoms with Gasteiger partial charge in [0.05, 0.1) is 11.0 Å². The number of piperidine rings is 1. The Morgan fingerprint density at radius 2 is 2.35 bits per heavy atom. The first-order valence-corrected chi connectivity index (χ1v) is 7.31. The van der Waals surface area contributed by atoms with Gasteiger partial charge in [0.25, 0.3) is 5.91 Å². The zero-order valence-electron chi connectivity index (χ0n) is 9.94. The normalized spacial score (nSPS) is 23.8. The molecule has 1 aliphatic rings. The first kappa shape index (κ1) is 13.1. The molecule has 2 rings (SSSR count). The van der Waals surface area contributed by atoms with Crippen LogP contribution in [0.4, 0.5) is 0 Å². The van der Waals surface area contributed by atoms with E-state index < -0.39 is 0 Å². The number of hydrogen-bond acceptors (Lipinski definition) is 3. The largest absolute Gasteiger partial charge is 0.393 e. The van der Waals surface area contributed by atoms with Gasteiger partial charge in [0.1, 0.15) is 0 Å². The van der Waals surface area contributed by atoms with E-state index in [4.69, 9.17) is 0 Å². The van der Waals surface area contributed by atoms with E-state index in [1.165, 1.54) is 11.3 Å². The van der Waals surface area contributed by atoms with E-state index in [1.54, 1.807) is 0 Å². The molecule has 0 aromatic carbocycles. The second kappa shape index (κ2) is 4.71. The molecule has 0 radical (unpaired) electrons. The van der Waals surface area contributed by atoms with Crippen molar-refractivity contribution in [1.82, 2.24) is 4.90 Å². The summed E-state index contributed by atoms with van der Waals surface area (Å²) in [5.74, 6) is 0.0672. The maximum absolute atomic E-state index is 12.4. The third kappa shape index (κ3) is 2.72. The molecule has 1 unspecified atom stereocenters. The van der Waals surface area contributed by atoms with Gasteiger partial charge in [0.2, 0.25) is 0 Å². The number of rotatable bonds is 1. The predicted molar refractivity (Wildman–Crippen MR) is 72.4 cm³/mol. The van der Waals surface area contributed by atoms with Crippen molar-refractivity contribution in [2.24, 2.45) is 0 Å². The van der Waals surface area contributed by atoms with Crippen molar-refractivity contribution < 1.29 is 9.90 Å². The Morgan fingerprint density at radius 1 is 1.65 bits per heavy atom. The van der Waals surface area contributed by atoms with Crippen molar-refractivity contribution in [1.29, 1.82) is 0 Å². The van der Waals surface area contributed by atoms with E-state index in [0.717, 1.165) is 9.35 Å². The van der Waals surface area contributed by atoms with Gasteiger partial charge in [-0.25, -0.2) is 0 Å². The number of halogens is 1. The Labute approximate surface area is 114 Å². The molecule has 2 heterocycles. The fourth-order valence-electron chi connectivity index (χ4n) is 2.30. The van der Waals surface area contributed by atoms with E-state index in [0.29, 0.717) is 19.4 Å². The van der Waals surface area contributed by atoms with Crippen molar-refractivity contribution in [3.05, 3.63) is 20.8 Å². The molecule has 1 aromatic heterocycles. The molecule has 1 fully saturated rings. The smallest absolute Gasteiger partial charge is 0.264 e. The summed E-state index contributed by atoms with van der Waals surface area (Å²) in [7, 11) is 0. The van der Waals surface area contributed by atoms with Crippen molar-refractivity contribution in [2.45, 2.75) is 38.3 Å². The number of thiophene rings is 1. The fourth-order valence-corrected chi connectivity index (χ4v) is 3.68. The molecule has 94 valence electrons. The molecule has 1 atom stereocenters. The number of carbonyl (C=O) groups excluding carboxylic acids is 1. The highest BCUT2D eigenvalue weighted by Gasteiger charge is 2.37. The van der Waals surface area contributed by atoms with Crippen LogP contribution in [-0.2, 0) is 0 Å². The zero-order chi connectivity index (χ0) is 12.6. The Hall–Kier alpha value is -0.390. The lowest BCUT2D eigenvalue weighted by atomic mass is 9.88. The van der Waals surface area contributed by atoms with Crippen LogP contribution in [0, 0.1) is 0 Å². The number of aliphatic hydroxyl groups is 1. The van der Waals surface area contributed by atoms with E-state index in [1.807, 2.05) is 30.2 Å². The number of likely N-dealkylation sites (tertiary alicyclic amines) is 1. The summed E-state index contributed by atoms with van der Waals surface area (Å²) in [5, 5.41) is 11.6. The van der Waals surface area contributed by atoms with Crippen LogP contribution in [0.2, 0.25) is 0 Å². The molecule has 0 saturated carbocycles. The molecule has 1 aromatic rings. The van der Waals surface area contributed by atoms with Crippen LogP contribution in [0.25, 0.3) is 0 Å². The minimum Gasteiger partial charge on any atom is -0.393 e. The van der Waals surface area contributed by atoms with Crippen LogP contribution in [0.5, 0.6) is 0 Å². The minimum atomic E-state index is -0.288. The summed E-state index contributed by atoms with van der Waals surface area (Å²) in [6, 6.07) is 1.86. The maximum atomic E-state index is 12.4. The van der Waals surface area contributed by atoms with Gasteiger partial charge in [0, 0.05) is 21.9 Å². The Balaban J connectivity index is 2.19. The van der Waals surface area contributed by atoms with E-state index >= 15 is 0 Å². The molecule has 5 heteroatoms. The summed E-state index contributed by atoms with van der Waals surface area (Å²) in [6.45, 7) is 4.65. The SMILES string of the molecule is CC1(C)CC(O)CCN1C(=O)c1cc(Br)cs1. The first-order chi connectivity index (χ1) is 7.90. The topological polar surface area (TPSA) is 40.5 Å². The highest BCUT2D eigenvalue weighted by Crippen LogP contribution is 2.31. The predicted octanol–water partition coefficient (Wildman–Crippen LogP) is 2.89. The molecule has 3 nitrogen and oxygen atoms in total. The van der Waals surface area contributed by atoms with Crippen LogP contribution in [0.3, 0.4) is 0 Å². The Morgan fingerprint density at radius 3 is 2.88 bits per heavy atom. The zero-order valence-corrected chi connectivity index (χ0v) is 12.3. The van der Waals surface area contributed by atoms with Crippen LogP contribution in [-0.4, -0.2) is 34.1 Å². The standard InChI is InChI=1S/C12H16BrNO2S/c1-12(2)6-9(15)3-4-14(12)11(16)10-5-8(13)7-17-10/h5,7,9,15H,3-4,6H2,1-2H3. The van der Waals surface area contributed by atoms with Gasteiger partial charge in [-0.05, 0) is 48.7 Å². The lowest BCUT2D eigenvalue weighted by Gasteiger charge is -2.44. The number of carbonyl (C=O) groups is 1. The first-order valence-electron chi connectivity index (χ1n) is 5.64. The van der Waals surface area contributed by atoms with Gasteiger partial charge in [-0.15, -0.1) is 11.3 Å². The second-order valence-electron chi connectivity index (χ2n) is 5.05. The number of aliphatic hydroxyl groups excluding tert-OH is 1. The quantitative estimate of drug-likeness (QED) is 0.865. The molecule has 1 saturated heterocycles. The summed E-state index contributed by atoms with van der Waals surface area (Å²) < 4.78 is 0.945. The van der Waals surface area contributed by atoms with Crippen LogP contribution in [0.1, 0.15) is 36.4 Å². The molecule has 1 aliphatic heterocycles. The van der Waals surface area contributed by atoms with Crippen molar-refractivity contribution in [3.8, 4) is 0 Å². The molecule has 0 spiro atoms. The molecule has 1 N–H and O–H groups in total. The van der Waals surface area contributed by atoms with Gasteiger partial charge < -0.3 is 10.0 Å². The van der Waals surface area contributed by atoms with E-state index in [2.05, 4.69) is 15.9 Å². The Kier molecular flexibility index (Phi) is 3.61. The molecule has 17 heavy (non-hydrogen) atoms. The lowest BCUT2D eigenvalue weighted by molar-refractivity contribution is 0.00361. The van der Waals surface area contributed by atoms with Crippen LogP contribution >= 0.6 is 27.3 Å². The second-order valence-corrected chi connectivity index (χ2v) is 6.87. The van der Waals surface area contributed by atoms with Crippen LogP contribution in [0.15, 0.2) is 15.9 Å². The lowest BCUT2D eigenvalue weighted by Crippen LogP contribution is -2.53. The van der Waals surface area contributed by atoms with Crippen molar-refractivity contribution in [3.63, 3.8) is 0 Å². The summed E-state index contributed by atoms with van der Waals surface area (Å²) >= 11 is 4.81. The number of nitrogens with zero attached hydrogens (tertiary/aromatic N) is 1. The Bertz CT molecular complexity index is 430. The van der Waals surface area contributed by atoms with Gasteiger partial charge in [-0.3, -0.25) is 4.79 Å². The maximum Gasteiger partial charge on any atom is 0.264 e. The summed E-state index contributed by atoms with van der Waals surface area (Å²) in [5.41, 5.74) is -0.273. The van der Waals surface area contributed by atoms with Crippen LogP contribution < -0.4 is 0 Å².